The number of amides is 2. The van der Waals surface area contributed by atoms with Gasteiger partial charge in [0.05, 0.1) is 3.23 Å². The fourth-order valence-corrected chi connectivity index (χ4v) is 4.23. The molecular formula is C8H12Br2N2O. The minimum absolute atomic E-state index is 0.0250. The fourth-order valence-electron chi connectivity index (χ4n) is 2.21. The molecule has 2 amide bonds. The summed E-state index contributed by atoms with van der Waals surface area (Å²) >= 11 is 7.30. The van der Waals surface area contributed by atoms with Crippen LogP contribution in [0.15, 0.2) is 0 Å². The first-order valence-electron chi connectivity index (χ1n) is 4.32. The van der Waals surface area contributed by atoms with E-state index in [2.05, 4.69) is 38.8 Å². The molecule has 0 spiro atoms. The maximum Gasteiger partial charge on any atom is 0.314 e. The summed E-state index contributed by atoms with van der Waals surface area (Å²) in [6.45, 7) is 3.78. The van der Waals surface area contributed by atoms with Gasteiger partial charge >= 0.3 is 6.03 Å². The zero-order valence-electron chi connectivity index (χ0n) is 7.39. The standard InChI is InChI=1S/C8H12Br2N2O/c1-7-2-3-12(6(11)13)4-5(7)8(7,9)10/h5H,2-4H2,1H3,(H2,11,13)/t5-,7+/m0/s1. The van der Waals surface area contributed by atoms with Crippen LogP contribution in [0.4, 0.5) is 4.79 Å². The summed E-state index contributed by atoms with van der Waals surface area (Å²) in [6.07, 6.45) is 1.01. The SMILES string of the molecule is C[C@@]12CCN(C(N)=O)C[C@@H]1C2(Br)Br. The summed E-state index contributed by atoms with van der Waals surface area (Å²) in [4.78, 5) is 12.7. The van der Waals surface area contributed by atoms with E-state index in [-0.39, 0.29) is 9.26 Å². The van der Waals surface area contributed by atoms with E-state index in [1.54, 1.807) is 4.90 Å². The molecule has 0 radical (unpaired) electrons. The Morgan fingerprint density at radius 2 is 2.23 bits per heavy atom. The number of carbonyl (C=O) groups excluding carboxylic acids is 1. The number of nitrogens with zero attached hydrogens (tertiary/aromatic N) is 1. The Balaban J connectivity index is 2.11. The van der Waals surface area contributed by atoms with Crippen molar-refractivity contribution < 1.29 is 4.79 Å². The fraction of sp³-hybridized carbons (Fsp3) is 0.875. The highest BCUT2D eigenvalue weighted by molar-refractivity contribution is 9.25. The molecule has 3 nitrogen and oxygen atoms in total. The summed E-state index contributed by atoms with van der Waals surface area (Å²) in [7, 11) is 0. The van der Waals surface area contributed by atoms with Crippen LogP contribution in [0.1, 0.15) is 13.3 Å². The van der Waals surface area contributed by atoms with Gasteiger partial charge in [-0.05, 0) is 6.42 Å². The van der Waals surface area contributed by atoms with Crippen molar-refractivity contribution in [3.63, 3.8) is 0 Å². The average molecular weight is 312 g/mol. The molecule has 13 heavy (non-hydrogen) atoms. The third-order valence-corrected chi connectivity index (χ3v) is 6.42. The number of hydrogen-bond acceptors (Lipinski definition) is 1. The van der Waals surface area contributed by atoms with E-state index in [0.717, 1.165) is 19.5 Å². The van der Waals surface area contributed by atoms with Crippen LogP contribution < -0.4 is 5.73 Å². The van der Waals surface area contributed by atoms with E-state index in [0.29, 0.717) is 11.3 Å². The zero-order chi connectivity index (χ0) is 9.85. The van der Waals surface area contributed by atoms with Crippen molar-refractivity contribution in [3.8, 4) is 0 Å². The van der Waals surface area contributed by atoms with Gasteiger partial charge in [0.25, 0.3) is 0 Å². The molecule has 0 aromatic rings. The lowest BCUT2D eigenvalue weighted by Crippen LogP contribution is -2.41. The van der Waals surface area contributed by atoms with Crippen LogP contribution in [0.3, 0.4) is 0 Å². The highest BCUT2D eigenvalue weighted by Gasteiger charge is 2.72. The first kappa shape index (κ1) is 9.77. The zero-order valence-corrected chi connectivity index (χ0v) is 10.6. The van der Waals surface area contributed by atoms with Crippen molar-refractivity contribution in [2.24, 2.45) is 17.1 Å². The molecule has 1 aliphatic carbocycles. The normalized spacial score (nSPS) is 41.2. The second kappa shape index (κ2) is 2.63. The maximum atomic E-state index is 11.0. The van der Waals surface area contributed by atoms with Gasteiger partial charge in [0.2, 0.25) is 0 Å². The van der Waals surface area contributed by atoms with Crippen molar-refractivity contribution in [1.29, 1.82) is 0 Å². The van der Waals surface area contributed by atoms with Gasteiger partial charge in [-0.3, -0.25) is 0 Å². The van der Waals surface area contributed by atoms with E-state index in [9.17, 15) is 4.79 Å². The number of nitrogens with two attached hydrogens (primary N) is 1. The molecule has 0 bridgehead atoms. The number of hydrogen-bond donors (Lipinski definition) is 1. The monoisotopic (exact) mass is 310 g/mol. The van der Waals surface area contributed by atoms with E-state index in [1.807, 2.05) is 0 Å². The van der Waals surface area contributed by atoms with E-state index < -0.39 is 0 Å². The summed E-state index contributed by atoms with van der Waals surface area (Å²) in [5.41, 5.74) is 5.53. The molecule has 2 aliphatic rings. The molecule has 2 atom stereocenters. The molecule has 1 saturated heterocycles. The summed E-state index contributed by atoms with van der Waals surface area (Å²) in [5, 5.41) is 0. The van der Waals surface area contributed by atoms with Gasteiger partial charge in [0, 0.05) is 24.4 Å². The predicted octanol–water partition coefficient (Wildman–Crippen LogP) is 1.89. The second-order valence-corrected chi connectivity index (χ2v) is 7.69. The molecular weight excluding hydrogens is 300 g/mol. The number of halogens is 2. The highest BCUT2D eigenvalue weighted by Crippen LogP contribution is 2.74. The van der Waals surface area contributed by atoms with Gasteiger partial charge in [-0.2, -0.15) is 0 Å². The van der Waals surface area contributed by atoms with Gasteiger partial charge in [-0.15, -0.1) is 0 Å². The highest BCUT2D eigenvalue weighted by atomic mass is 79.9. The van der Waals surface area contributed by atoms with Crippen LogP contribution in [0.2, 0.25) is 0 Å². The Hall–Kier alpha value is 0.230. The summed E-state index contributed by atoms with van der Waals surface area (Å²) in [5.74, 6) is 0.487. The molecule has 2 N–H and O–H groups in total. The third kappa shape index (κ3) is 1.16. The van der Waals surface area contributed by atoms with E-state index >= 15 is 0 Å². The number of piperidine rings is 1. The number of urea groups is 1. The van der Waals surface area contributed by atoms with Gasteiger partial charge in [-0.25, -0.2) is 4.79 Å². The van der Waals surface area contributed by atoms with Crippen molar-refractivity contribution >= 4 is 37.9 Å². The summed E-state index contributed by atoms with van der Waals surface area (Å²) < 4.78 is 0.0250. The predicted molar refractivity (Wildman–Crippen MR) is 58.0 cm³/mol. The topological polar surface area (TPSA) is 46.3 Å². The van der Waals surface area contributed by atoms with Gasteiger partial charge < -0.3 is 10.6 Å². The number of likely N-dealkylation sites (tertiary alicyclic amines) is 1. The molecule has 1 aliphatic heterocycles. The lowest BCUT2D eigenvalue weighted by molar-refractivity contribution is 0.180. The first-order chi connectivity index (χ1) is 5.89. The van der Waals surface area contributed by atoms with Crippen LogP contribution in [0.5, 0.6) is 0 Å². The number of fused-ring (bicyclic) bond motifs is 1. The molecule has 1 saturated carbocycles. The minimum Gasteiger partial charge on any atom is -0.351 e. The molecule has 5 heteroatoms. The van der Waals surface area contributed by atoms with Crippen LogP contribution in [-0.2, 0) is 0 Å². The van der Waals surface area contributed by atoms with Gasteiger partial charge in [-0.1, -0.05) is 38.8 Å². The van der Waals surface area contributed by atoms with Crippen LogP contribution in [-0.4, -0.2) is 27.3 Å². The number of carbonyl (C=O) groups is 1. The first-order valence-corrected chi connectivity index (χ1v) is 5.90. The average Bonchev–Trinajstić information content (AvgIpc) is 2.46. The smallest absolute Gasteiger partial charge is 0.314 e. The number of rotatable bonds is 0. The Labute approximate surface area is 94.3 Å². The minimum atomic E-state index is -0.301. The Bertz CT molecular complexity index is 269. The van der Waals surface area contributed by atoms with Gasteiger partial charge in [0.1, 0.15) is 0 Å². The molecule has 2 fully saturated rings. The second-order valence-electron chi connectivity index (χ2n) is 4.13. The maximum absolute atomic E-state index is 11.0. The van der Waals surface area contributed by atoms with Crippen LogP contribution in [0, 0.1) is 11.3 Å². The number of alkyl halides is 2. The molecule has 0 aromatic heterocycles. The lowest BCUT2D eigenvalue weighted by atomic mass is 9.98. The Kier molecular flexibility index (Phi) is 1.97. The van der Waals surface area contributed by atoms with Crippen molar-refractivity contribution in [2.75, 3.05) is 13.1 Å². The van der Waals surface area contributed by atoms with Crippen LogP contribution in [0.25, 0.3) is 0 Å². The third-order valence-electron chi connectivity index (χ3n) is 3.50. The van der Waals surface area contributed by atoms with Crippen molar-refractivity contribution in [1.82, 2.24) is 4.90 Å². The van der Waals surface area contributed by atoms with Crippen molar-refractivity contribution in [3.05, 3.63) is 0 Å². The number of primary amides is 1. The van der Waals surface area contributed by atoms with Gasteiger partial charge in [0.15, 0.2) is 0 Å². The molecule has 1 heterocycles. The molecule has 2 rings (SSSR count). The lowest BCUT2D eigenvalue weighted by Gasteiger charge is -2.27. The molecule has 0 aromatic carbocycles. The summed E-state index contributed by atoms with van der Waals surface area (Å²) in [6, 6.07) is -0.301. The molecule has 74 valence electrons. The van der Waals surface area contributed by atoms with Crippen LogP contribution >= 0.6 is 31.9 Å². The molecule has 0 unspecified atom stereocenters. The quantitative estimate of drug-likeness (QED) is 0.682. The largest absolute Gasteiger partial charge is 0.351 e. The van der Waals surface area contributed by atoms with Crippen molar-refractivity contribution in [2.45, 2.75) is 16.6 Å². The van der Waals surface area contributed by atoms with E-state index in [4.69, 9.17) is 5.73 Å². The van der Waals surface area contributed by atoms with E-state index in [1.165, 1.54) is 0 Å². The Morgan fingerprint density at radius 3 is 2.69 bits per heavy atom. The Morgan fingerprint density at radius 1 is 1.62 bits per heavy atom.